The van der Waals surface area contributed by atoms with E-state index in [0.717, 1.165) is 89.9 Å². The zero-order chi connectivity index (χ0) is 54.2. The summed E-state index contributed by atoms with van der Waals surface area (Å²) in [5.41, 5.74) is 0. The molecule has 1 amide bonds. The zero-order valence-electron chi connectivity index (χ0n) is 48.3. The minimum absolute atomic E-state index is 0.0516. The standard InChI is InChI=1S/C65H113N2O6P/c1-6-8-10-12-14-16-18-20-21-22-23-24-25-26-27-28-29-30-31-32-33-34-35-36-37-38-39-40-41-42-43-44-45-47-49-51-53-55-57-59-65(69)66-63(62-73-74(70,71)72-61-60-67(3,4)5)64(68)58-56-54-52-50-48-46-19-17-15-13-11-9-7-2/h8,10,14,16,20-21,23-24,26-27,29-30,32-33,35-36,48,50,56,58,63-64,68H,6-7,9,11-13,15,17-19,22,25,28,31,34,37-47,49,51-55,57,59-62H2,1-5H3,(H-,66,69,70,71)/p+1/b10-8-,16-14-,21-20-,24-23-,27-26-,30-29-,33-32-,36-35-,50-48+,58-56+. The predicted octanol–water partition coefficient (Wildman–Crippen LogP) is 18.5. The molecule has 0 rings (SSSR count). The fourth-order valence-corrected chi connectivity index (χ4v) is 8.75. The van der Waals surface area contributed by atoms with Gasteiger partial charge in [0.25, 0.3) is 0 Å². The maximum absolute atomic E-state index is 13.0. The second kappa shape index (κ2) is 54.7. The number of rotatable bonds is 53. The lowest BCUT2D eigenvalue weighted by Gasteiger charge is -2.25. The molecule has 424 valence electrons. The molecule has 0 aromatic carbocycles. The summed E-state index contributed by atoms with van der Waals surface area (Å²) in [6.07, 6.45) is 81.7. The third kappa shape index (κ3) is 56.6. The van der Waals surface area contributed by atoms with Gasteiger partial charge in [-0.25, -0.2) is 4.57 Å². The van der Waals surface area contributed by atoms with E-state index >= 15 is 0 Å². The normalized spacial score (nSPS) is 14.7. The molecule has 0 aliphatic rings. The SMILES string of the molecule is CC/C=C\C/C=C\C/C=C\C/C=C\C/C=C\C/C=C\C/C=C\C/C=C\CCCCCCCCCCCCCCCCC(=O)NC(COP(=O)(O)OCC[N+](C)(C)C)C(O)/C=C/CC/C=C/CCCCCCCCC. The Bertz CT molecular complexity index is 1620. The van der Waals surface area contributed by atoms with Crippen LogP contribution in [0.15, 0.2) is 122 Å². The van der Waals surface area contributed by atoms with E-state index in [2.05, 4.69) is 129 Å². The van der Waals surface area contributed by atoms with Crippen molar-refractivity contribution in [3.63, 3.8) is 0 Å². The van der Waals surface area contributed by atoms with Gasteiger partial charge in [0.05, 0.1) is 39.9 Å². The van der Waals surface area contributed by atoms with E-state index in [1.165, 1.54) is 122 Å². The molecule has 9 heteroatoms. The number of carbonyl (C=O) groups is 1. The number of hydrogen-bond acceptors (Lipinski definition) is 5. The number of phosphoric acid groups is 1. The van der Waals surface area contributed by atoms with E-state index in [4.69, 9.17) is 9.05 Å². The zero-order valence-corrected chi connectivity index (χ0v) is 49.2. The van der Waals surface area contributed by atoms with Crippen LogP contribution in [-0.4, -0.2) is 73.4 Å². The van der Waals surface area contributed by atoms with E-state index in [1.807, 2.05) is 27.2 Å². The van der Waals surface area contributed by atoms with Gasteiger partial charge in [0.2, 0.25) is 5.91 Å². The number of unbranched alkanes of at least 4 members (excludes halogenated alkanes) is 22. The van der Waals surface area contributed by atoms with Crippen molar-refractivity contribution in [2.24, 2.45) is 0 Å². The van der Waals surface area contributed by atoms with Gasteiger partial charge >= 0.3 is 7.82 Å². The molecule has 3 unspecified atom stereocenters. The maximum Gasteiger partial charge on any atom is 0.472 e. The number of hydrogen-bond donors (Lipinski definition) is 3. The number of aliphatic hydroxyl groups is 1. The summed E-state index contributed by atoms with van der Waals surface area (Å²) in [4.78, 5) is 23.3. The van der Waals surface area contributed by atoms with Crippen molar-refractivity contribution in [2.45, 2.75) is 244 Å². The average Bonchev–Trinajstić information content (AvgIpc) is 3.36. The van der Waals surface area contributed by atoms with Crippen LogP contribution in [0.2, 0.25) is 0 Å². The third-order valence-corrected chi connectivity index (χ3v) is 13.6. The molecule has 8 nitrogen and oxygen atoms in total. The van der Waals surface area contributed by atoms with Crippen molar-refractivity contribution < 1.29 is 32.9 Å². The predicted molar refractivity (Wildman–Crippen MR) is 322 cm³/mol. The molecule has 0 spiro atoms. The van der Waals surface area contributed by atoms with E-state index in [9.17, 15) is 19.4 Å². The van der Waals surface area contributed by atoms with Crippen molar-refractivity contribution >= 4 is 13.7 Å². The number of allylic oxidation sites excluding steroid dienone is 19. The lowest BCUT2D eigenvalue weighted by molar-refractivity contribution is -0.870. The number of nitrogens with zero attached hydrogens (tertiary/aromatic N) is 1. The Labute approximate surface area is 456 Å². The topological polar surface area (TPSA) is 105 Å². The summed E-state index contributed by atoms with van der Waals surface area (Å²) in [7, 11) is 1.54. The van der Waals surface area contributed by atoms with Crippen LogP contribution < -0.4 is 5.32 Å². The Hall–Kier alpha value is -3.10. The second-order valence-electron chi connectivity index (χ2n) is 21.0. The molecule has 0 aromatic rings. The molecule has 0 heterocycles. The van der Waals surface area contributed by atoms with Gasteiger partial charge in [0, 0.05) is 6.42 Å². The fraction of sp³-hybridized carbons (Fsp3) is 0.677. The van der Waals surface area contributed by atoms with Gasteiger partial charge < -0.3 is 19.8 Å². The van der Waals surface area contributed by atoms with Crippen LogP contribution in [0.1, 0.15) is 232 Å². The molecule has 0 fully saturated rings. The summed E-state index contributed by atoms with van der Waals surface area (Å²) in [5, 5.41) is 13.9. The molecule has 0 bridgehead atoms. The highest BCUT2D eigenvalue weighted by atomic mass is 31.2. The highest BCUT2D eigenvalue weighted by Gasteiger charge is 2.27. The Morgan fingerprint density at radius 2 is 0.824 bits per heavy atom. The van der Waals surface area contributed by atoms with Gasteiger partial charge in [0.1, 0.15) is 13.2 Å². The van der Waals surface area contributed by atoms with Crippen molar-refractivity contribution in [2.75, 3.05) is 40.9 Å². The molecule has 0 aliphatic heterocycles. The number of phosphoric ester groups is 1. The molecule has 0 saturated heterocycles. The number of likely N-dealkylation sites (N-methyl/N-ethyl adjacent to an activating group) is 1. The van der Waals surface area contributed by atoms with Gasteiger partial charge in [-0.1, -0.05) is 251 Å². The lowest BCUT2D eigenvalue weighted by Crippen LogP contribution is -2.45. The second-order valence-corrected chi connectivity index (χ2v) is 22.4. The molecule has 3 atom stereocenters. The van der Waals surface area contributed by atoms with E-state index in [0.29, 0.717) is 17.4 Å². The van der Waals surface area contributed by atoms with Gasteiger partial charge in [-0.05, 0) is 96.3 Å². The van der Waals surface area contributed by atoms with Gasteiger partial charge in [0.15, 0.2) is 0 Å². The average molecular weight is 1050 g/mol. The first-order valence-electron chi connectivity index (χ1n) is 29.9. The van der Waals surface area contributed by atoms with Crippen LogP contribution in [-0.2, 0) is 18.4 Å². The molecule has 0 aliphatic carbocycles. The Morgan fingerprint density at radius 1 is 0.473 bits per heavy atom. The van der Waals surface area contributed by atoms with Crippen LogP contribution in [0.25, 0.3) is 0 Å². The first-order valence-corrected chi connectivity index (χ1v) is 31.4. The van der Waals surface area contributed by atoms with Crippen LogP contribution in [0.5, 0.6) is 0 Å². The third-order valence-electron chi connectivity index (χ3n) is 12.7. The minimum atomic E-state index is -4.36. The monoisotopic (exact) mass is 1050 g/mol. The molecule has 0 aromatic heterocycles. The summed E-state index contributed by atoms with van der Waals surface area (Å²) in [6.45, 7) is 4.66. The highest BCUT2D eigenvalue weighted by molar-refractivity contribution is 7.47. The fourth-order valence-electron chi connectivity index (χ4n) is 8.01. The molecular formula is C65H114N2O6P+. The Kier molecular flexibility index (Phi) is 52.4. The highest BCUT2D eigenvalue weighted by Crippen LogP contribution is 2.43. The number of carbonyl (C=O) groups excluding carboxylic acids is 1. The van der Waals surface area contributed by atoms with Gasteiger partial charge in [-0.2, -0.15) is 0 Å². The van der Waals surface area contributed by atoms with Crippen molar-refractivity contribution in [3.05, 3.63) is 122 Å². The quantitative estimate of drug-likeness (QED) is 0.0243. The molecule has 0 radical (unpaired) electrons. The molecule has 0 saturated carbocycles. The Morgan fingerprint density at radius 3 is 1.24 bits per heavy atom. The van der Waals surface area contributed by atoms with Crippen LogP contribution >= 0.6 is 7.82 Å². The first-order chi connectivity index (χ1) is 36.0. The van der Waals surface area contributed by atoms with E-state index in [1.54, 1.807) is 6.08 Å². The summed E-state index contributed by atoms with van der Waals surface area (Å²) >= 11 is 0. The lowest BCUT2D eigenvalue weighted by atomic mass is 10.0. The summed E-state index contributed by atoms with van der Waals surface area (Å²) in [6, 6.07) is -0.869. The van der Waals surface area contributed by atoms with E-state index in [-0.39, 0.29) is 19.1 Å². The van der Waals surface area contributed by atoms with Gasteiger partial charge in [-0.15, -0.1) is 0 Å². The van der Waals surface area contributed by atoms with Crippen LogP contribution in [0.3, 0.4) is 0 Å². The molecule has 3 N–H and O–H groups in total. The maximum atomic E-state index is 13.0. The van der Waals surface area contributed by atoms with Crippen molar-refractivity contribution in [1.29, 1.82) is 0 Å². The molecular weight excluding hydrogens is 936 g/mol. The number of aliphatic hydroxyl groups excluding tert-OH is 1. The smallest absolute Gasteiger partial charge is 0.387 e. The first kappa shape index (κ1) is 70.9. The minimum Gasteiger partial charge on any atom is -0.387 e. The Balaban J connectivity index is 4.05. The molecule has 74 heavy (non-hydrogen) atoms. The van der Waals surface area contributed by atoms with Crippen LogP contribution in [0.4, 0.5) is 0 Å². The summed E-state index contributed by atoms with van der Waals surface area (Å²) in [5.74, 6) is -0.192. The van der Waals surface area contributed by atoms with E-state index < -0.39 is 20.0 Å². The number of quaternary nitrogens is 1. The van der Waals surface area contributed by atoms with Crippen molar-refractivity contribution in [3.8, 4) is 0 Å². The van der Waals surface area contributed by atoms with Crippen molar-refractivity contribution in [1.82, 2.24) is 5.32 Å². The van der Waals surface area contributed by atoms with Crippen LogP contribution in [0, 0.1) is 0 Å². The largest absolute Gasteiger partial charge is 0.472 e. The number of nitrogens with one attached hydrogen (secondary N) is 1. The number of amides is 1. The summed E-state index contributed by atoms with van der Waals surface area (Å²) < 4.78 is 23.6. The van der Waals surface area contributed by atoms with Gasteiger partial charge in [-0.3, -0.25) is 13.8 Å².